The predicted molar refractivity (Wildman–Crippen MR) is 87.5 cm³/mol. The van der Waals surface area contributed by atoms with Crippen molar-refractivity contribution in [1.29, 1.82) is 0 Å². The largest absolute Gasteiger partial charge is 0.668 e. The van der Waals surface area contributed by atoms with Crippen molar-refractivity contribution in [3.05, 3.63) is 46.2 Å². The maximum absolute atomic E-state index is 3.50. The molecule has 0 fully saturated rings. The Morgan fingerprint density at radius 1 is 0.842 bits per heavy atom. The summed E-state index contributed by atoms with van der Waals surface area (Å²) in [5.41, 5.74) is 0. The van der Waals surface area contributed by atoms with Gasteiger partial charge in [0.1, 0.15) is 0 Å². The molecule has 0 radical (unpaired) electrons. The van der Waals surface area contributed by atoms with Crippen molar-refractivity contribution in [1.82, 2.24) is 0 Å². The van der Waals surface area contributed by atoms with Gasteiger partial charge < -0.3 is 21.9 Å². The summed E-state index contributed by atoms with van der Waals surface area (Å²) in [4.78, 5) is 0. The van der Waals surface area contributed by atoms with Gasteiger partial charge in [0.25, 0.3) is 0 Å². The van der Waals surface area contributed by atoms with Gasteiger partial charge in [0, 0.05) is 26.2 Å². The van der Waals surface area contributed by atoms with E-state index in [1.54, 1.807) is 42.3 Å². The summed E-state index contributed by atoms with van der Waals surface area (Å²) in [6.45, 7) is 6.25. The number of allylic oxidation sites excluding steroid dienone is 4. The Labute approximate surface area is 141 Å². The third-order valence-electron chi connectivity index (χ3n) is 0.586. The van der Waals surface area contributed by atoms with E-state index in [1.807, 2.05) is 12.2 Å². The summed E-state index contributed by atoms with van der Waals surface area (Å²) in [6, 6.07) is 0. The fourth-order valence-corrected chi connectivity index (χ4v) is 0.340. The first-order valence-corrected chi connectivity index (χ1v) is 5.90. The average molecular weight is 346 g/mol. The Kier molecular flexibility index (Phi) is 71.3. The minimum Gasteiger partial charge on any atom is -0.668 e. The second-order valence-corrected chi connectivity index (χ2v) is 3.84. The molecule has 4 heteroatoms. The van der Waals surface area contributed by atoms with E-state index in [4.69, 9.17) is 0 Å². The molecule has 1 aliphatic rings. The Morgan fingerprint density at radius 2 is 1.11 bits per heavy atom. The molecule has 0 unspecified atom stereocenters. The molecular formula is C15H32N3Zr-5. The molecule has 0 amide bonds. The Morgan fingerprint density at radius 3 is 1.16 bits per heavy atom. The van der Waals surface area contributed by atoms with E-state index < -0.39 is 0 Å². The molecule has 0 aromatic carbocycles. The van der Waals surface area contributed by atoms with Gasteiger partial charge in [0.2, 0.25) is 0 Å². The molecule has 0 saturated heterocycles. The van der Waals surface area contributed by atoms with E-state index in [2.05, 4.69) is 48.9 Å². The van der Waals surface area contributed by atoms with Gasteiger partial charge in [-0.15, -0.1) is 6.42 Å². The summed E-state index contributed by atoms with van der Waals surface area (Å²) in [6.07, 6.45) is 10.0. The molecule has 0 aromatic rings. The Bertz CT molecular complexity index is 129. The molecule has 1 aliphatic carbocycles. The molecule has 0 spiro atoms. The zero-order valence-corrected chi connectivity index (χ0v) is 16.7. The van der Waals surface area contributed by atoms with E-state index >= 15 is 0 Å². The van der Waals surface area contributed by atoms with Gasteiger partial charge in [0.05, 0.1) is 0 Å². The van der Waals surface area contributed by atoms with Crippen LogP contribution in [0.4, 0.5) is 0 Å². The van der Waals surface area contributed by atoms with E-state index in [-0.39, 0.29) is 26.2 Å². The molecule has 0 heterocycles. The van der Waals surface area contributed by atoms with Crippen LogP contribution in [0.15, 0.2) is 18.2 Å². The van der Waals surface area contributed by atoms with Gasteiger partial charge >= 0.3 is 0 Å². The third-order valence-corrected chi connectivity index (χ3v) is 0.586. The van der Waals surface area contributed by atoms with Gasteiger partial charge in [0.15, 0.2) is 0 Å². The van der Waals surface area contributed by atoms with E-state index in [1.165, 1.54) is 5.92 Å². The fourth-order valence-electron chi connectivity index (χ4n) is 0.340. The number of rotatable bonds is 0. The molecule has 0 atom stereocenters. The molecule has 19 heavy (non-hydrogen) atoms. The van der Waals surface area contributed by atoms with Crippen LogP contribution in [0.1, 0.15) is 27.2 Å². The maximum Gasteiger partial charge on any atom is 0 e. The minimum atomic E-state index is 0. The first-order valence-electron chi connectivity index (χ1n) is 5.90. The molecule has 0 N–H and O–H groups in total. The zero-order chi connectivity index (χ0) is 15.2. The van der Waals surface area contributed by atoms with Crippen LogP contribution in [0.25, 0.3) is 16.0 Å². The molecule has 116 valence electrons. The van der Waals surface area contributed by atoms with Crippen LogP contribution < -0.4 is 0 Å². The fraction of sp³-hybridized carbons (Fsp3) is 0.667. The van der Waals surface area contributed by atoms with Crippen molar-refractivity contribution >= 4 is 0 Å². The van der Waals surface area contributed by atoms with Crippen LogP contribution in [0.2, 0.25) is 0 Å². The van der Waals surface area contributed by atoms with Crippen molar-refractivity contribution in [2.24, 2.45) is 0 Å². The normalized spacial score (nSPS) is 9.37. The molecule has 3 nitrogen and oxygen atoms in total. The summed E-state index contributed by atoms with van der Waals surface area (Å²) >= 11 is 0. The van der Waals surface area contributed by atoms with Crippen molar-refractivity contribution in [2.75, 3.05) is 42.3 Å². The molecule has 1 rings (SSSR count). The summed E-state index contributed by atoms with van der Waals surface area (Å²) in [5.74, 6) is 1.42. The molecule has 0 saturated carbocycles. The molecule has 0 aromatic heterocycles. The molecule has 0 aliphatic heterocycles. The van der Waals surface area contributed by atoms with Crippen LogP contribution >= 0.6 is 0 Å². The van der Waals surface area contributed by atoms with E-state index in [9.17, 15) is 0 Å². The SMILES string of the molecule is C[C-](C)C.C[N-]C.C[N-]C.C[N-]C.[C-]1=CC=CC1.[Zr]. The number of hydrogen-bond donors (Lipinski definition) is 0. The smallest absolute Gasteiger partial charge is 0 e. The minimum absolute atomic E-state index is 0. The van der Waals surface area contributed by atoms with Crippen LogP contribution in [0.5, 0.6) is 0 Å². The van der Waals surface area contributed by atoms with E-state index in [0.717, 1.165) is 6.42 Å². The van der Waals surface area contributed by atoms with Crippen LogP contribution in [0, 0.1) is 12.0 Å². The predicted octanol–water partition coefficient (Wildman–Crippen LogP) is 4.78. The zero-order valence-electron chi connectivity index (χ0n) is 14.3. The summed E-state index contributed by atoms with van der Waals surface area (Å²) in [7, 11) is 10.5. The van der Waals surface area contributed by atoms with Crippen LogP contribution in [-0.4, -0.2) is 42.3 Å². The first-order chi connectivity index (χ1) is 8.47. The summed E-state index contributed by atoms with van der Waals surface area (Å²) in [5, 5.41) is 10.5. The van der Waals surface area contributed by atoms with Crippen LogP contribution in [0.3, 0.4) is 0 Å². The molecule has 0 bridgehead atoms. The Hall–Kier alpha value is 0.243. The van der Waals surface area contributed by atoms with Gasteiger partial charge in [-0.05, 0) is 0 Å². The van der Waals surface area contributed by atoms with Crippen molar-refractivity contribution in [2.45, 2.75) is 27.2 Å². The van der Waals surface area contributed by atoms with Crippen molar-refractivity contribution in [3.63, 3.8) is 0 Å². The summed E-state index contributed by atoms with van der Waals surface area (Å²) < 4.78 is 0. The quantitative estimate of drug-likeness (QED) is 0.567. The van der Waals surface area contributed by atoms with Gasteiger partial charge in [-0.2, -0.15) is 69.1 Å². The topological polar surface area (TPSA) is 42.3 Å². The maximum atomic E-state index is 3.50. The van der Waals surface area contributed by atoms with Gasteiger partial charge in [-0.25, -0.2) is 12.2 Å². The van der Waals surface area contributed by atoms with Crippen molar-refractivity contribution in [3.8, 4) is 0 Å². The third kappa shape index (κ3) is 175. The first kappa shape index (κ1) is 31.6. The molecular weight excluding hydrogens is 313 g/mol. The second kappa shape index (κ2) is 42.9. The van der Waals surface area contributed by atoms with Gasteiger partial charge in [-0.3, -0.25) is 6.08 Å². The number of hydrogen-bond acceptors (Lipinski definition) is 0. The van der Waals surface area contributed by atoms with E-state index in [0.29, 0.717) is 0 Å². The average Bonchev–Trinajstić information content (AvgIpc) is 2.76. The second-order valence-electron chi connectivity index (χ2n) is 3.84. The van der Waals surface area contributed by atoms with Gasteiger partial charge in [-0.1, -0.05) is 0 Å². The standard InChI is InChI=1S/C5H5.C4H9.3C2H6N.Zr/c1-2-4-5-3-1;1-4(2)3;3*1-3-2;/h1-3H,4H2;1-3H3;3*1-2H3;/q5*-1;. The number of nitrogens with zero attached hydrogens (tertiary/aromatic N) is 3. The monoisotopic (exact) mass is 344 g/mol. The Balaban J connectivity index is -0.0000000435. The van der Waals surface area contributed by atoms with Crippen molar-refractivity contribution < 1.29 is 26.2 Å². The van der Waals surface area contributed by atoms with Crippen LogP contribution in [-0.2, 0) is 26.2 Å².